The molecule has 1 aliphatic rings. The number of nitrogens with zero attached hydrogens (tertiary/aromatic N) is 2. The Kier molecular flexibility index (Phi) is 3.76. The average Bonchev–Trinajstić information content (AvgIpc) is 2.83. The SMILES string of the molecule is Cc1cc(F)c2c(c1)CCCN2C(=O)Cc1csc(C)n1. The Morgan fingerprint density at radius 2 is 2.24 bits per heavy atom. The van der Waals surface area contributed by atoms with E-state index in [-0.39, 0.29) is 18.1 Å². The molecule has 1 amide bonds. The number of carbonyl (C=O) groups excluding carboxylic acids is 1. The van der Waals surface area contributed by atoms with E-state index >= 15 is 0 Å². The fraction of sp³-hybridized carbons (Fsp3) is 0.375. The van der Waals surface area contributed by atoms with Gasteiger partial charge in [-0.15, -0.1) is 11.3 Å². The number of hydrogen-bond donors (Lipinski definition) is 0. The number of thiazole rings is 1. The predicted molar refractivity (Wildman–Crippen MR) is 82.4 cm³/mol. The number of aryl methyl sites for hydroxylation is 3. The number of carbonyl (C=O) groups is 1. The van der Waals surface area contributed by atoms with E-state index in [1.807, 2.05) is 25.3 Å². The van der Waals surface area contributed by atoms with Gasteiger partial charge in [0.25, 0.3) is 0 Å². The molecule has 0 aliphatic carbocycles. The molecule has 0 bridgehead atoms. The summed E-state index contributed by atoms with van der Waals surface area (Å²) in [7, 11) is 0. The van der Waals surface area contributed by atoms with E-state index in [1.165, 1.54) is 17.4 Å². The zero-order chi connectivity index (χ0) is 15.0. The standard InChI is InChI=1S/C16H17FN2OS/c1-10-6-12-4-3-5-19(16(12)14(17)7-10)15(20)8-13-9-21-11(2)18-13/h6-7,9H,3-5,8H2,1-2H3. The van der Waals surface area contributed by atoms with Gasteiger partial charge >= 0.3 is 0 Å². The van der Waals surface area contributed by atoms with Crippen LogP contribution in [0.25, 0.3) is 0 Å². The van der Waals surface area contributed by atoms with Crippen LogP contribution in [0.15, 0.2) is 17.5 Å². The predicted octanol–water partition coefficient (Wildman–Crippen LogP) is 3.42. The van der Waals surface area contributed by atoms with Gasteiger partial charge in [-0.2, -0.15) is 0 Å². The van der Waals surface area contributed by atoms with Crippen molar-refractivity contribution in [2.24, 2.45) is 0 Å². The molecule has 3 nitrogen and oxygen atoms in total. The third-order valence-corrected chi connectivity index (χ3v) is 4.51. The lowest BCUT2D eigenvalue weighted by molar-refractivity contribution is -0.118. The first-order valence-electron chi connectivity index (χ1n) is 7.05. The van der Waals surface area contributed by atoms with Crippen molar-refractivity contribution in [3.63, 3.8) is 0 Å². The summed E-state index contributed by atoms with van der Waals surface area (Å²) >= 11 is 1.53. The molecule has 1 aromatic carbocycles. The highest BCUT2D eigenvalue weighted by atomic mass is 32.1. The smallest absolute Gasteiger partial charge is 0.233 e. The molecule has 0 N–H and O–H groups in total. The van der Waals surface area contributed by atoms with Crippen molar-refractivity contribution in [3.8, 4) is 0 Å². The van der Waals surface area contributed by atoms with Crippen LogP contribution < -0.4 is 4.90 Å². The Hall–Kier alpha value is -1.75. The van der Waals surface area contributed by atoms with Crippen LogP contribution in [-0.2, 0) is 17.6 Å². The van der Waals surface area contributed by atoms with Crippen LogP contribution in [0.1, 0.15) is 28.2 Å². The fourth-order valence-corrected chi connectivity index (χ4v) is 3.44. The van der Waals surface area contributed by atoms with Crippen molar-refractivity contribution < 1.29 is 9.18 Å². The van der Waals surface area contributed by atoms with Crippen molar-refractivity contribution in [1.82, 2.24) is 4.98 Å². The zero-order valence-corrected chi connectivity index (χ0v) is 13.0. The molecule has 0 saturated heterocycles. The summed E-state index contributed by atoms with van der Waals surface area (Å²) in [6.45, 7) is 4.37. The average molecular weight is 304 g/mol. The Morgan fingerprint density at radius 3 is 2.95 bits per heavy atom. The number of fused-ring (bicyclic) bond motifs is 1. The van der Waals surface area contributed by atoms with Crippen molar-refractivity contribution in [2.45, 2.75) is 33.1 Å². The molecule has 1 aliphatic heterocycles. The lowest BCUT2D eigenvalue weighted by Gasteiger charge is -2.30. The summed E-state index contributed by atoms with van der Waals surface area (Å²) in [6, 6.07) is 3.47. The second-order valence-electron chi connectivity index (χ2n) is 5.44. The highest BCUT2D eigenvalue weighted by molar-refractivity contribution is 7.09. The van der Waals surface area contributed by atoms with Crippen molar-refractivity contribution in [1.29, 1.82) is 0 Å². The van der Waals surface area contributed by atoms with Crippen molar-refractivity contribution in [3.05, 3.63) is 45.2 Å². The number of halogens is 1. The van der Waals surface area contributed by atoms with Crippen LogP contribution in [0.2, 0.25) is 0 Å². The third-order valence-electron chi connectivity index (χ3n) is 3.68. The molecule has 0 spiro atoms. The van der Waals surface area contributed by atoms with Crippen molar-refractivity contribution >= 4 is 22.9 Å². The van der Waals surface area contributed by atoms with Gasteiger partial charge in [-0.3, -0.25) is 4.79 Å². The first-order chi connectivity index (χ1) is 10.0. The molecule has 3 rings (SSSR count). The summed E-state index contributed by atoms with van der Waals surface area (Å²) in [4.78, 5) is 18.4. The van der Waals surface area contributed by atoms with Crippen LogP contribution >= 0.6 is 11.3 Å². The summed E-state index contributed by atoms with van der Waals surface area (Å²) in [5.41, 5.74) is 3.06. The van der Waals surface area contributed by atoms with Gasteiger partial charge in [0.05, 0.1) is 22.8 Å². The quantitative estimate of drug-likeness (QED) is 0.851. The molecule has 1 aromatic heterocycles. The lowest BCUT2D eigenvalue weighted by Crippen LogP contribution is -2.37. The molecular formula is C16H17FN2OS. The van der Waals surface area contributed by atoms with Gasteiger partial charge in [0.15, 0.2) is 0 Å². The van der Waals surface area contributed by atoms with Gasteiger partial charge in [0, 0.05) is 11.9 Å². The minimum atomic E-state index is -0.299. The highest BCUT2D eigenvalue weighted by Crippen LogP contribution is 2.31. The maximum absolute atomic E-state index is 14.3. The number of amides is 1. The highest BCUT2D eigenvalue weighted by Gasteiger charge is 2.26. The fourth-order valence-electron chi connectivity index (χ4n) is 2.83. The minimum absolute atomic E-state index is 0.0796. The molecule has 0 atom stereocenters. The van der Waals surface area contributed by atoms with Crippen LogP contribution in [0, 0.1) is 19.7 Å². The number of anilines is 1. The first kappa shape index (κ1) is 14.2. The van der Waals surface area contributed by atoms with Crippen LogP contribution in [-0.4, -0.2) is 17.4 Å². The molecule has 0 fully saturated rings. The summed E-state index contributed by atoms with van der Waals surface area (Å²) in [5.74, 6) is -0.378. The van der Waals surface area contributed by atoms with E-state index in [2.05, 4.69) is 4.98 Å². The molecule has 5 heteroatoms. The second kappa shape index (κ2) is 5.56. The van der Waals surface area contributed by atoms with Gasteiger partial charge in [-0.1, -0.05) is 6.07 Å². The van der Waals surface area contributed by atoms with E-state index < -0.39 is 0 Å². The molecule has 0 radical (unpaired) electrons. The largest absolute Gasteiger partial charge is 0.309 e. The number of hydrogen-bond acceptors (Lipinski definition) is 3. The van der Waals surface area contributed by atoms with E-state index in [9.17, 15) is 9.18 Å². The van der Waals surface area contributed by atoms with Crippen molar-refractivity contribution in [2.75, 3.05) is 11.4 Å². The molecule has 2 aromatic rings. The van der Waals surface area contributed by atoms with Crippen LogP contribution in [0.4, 0.5) is 10.1 Å². The van der Waals surface area contributed by atoms with Crippen LogP contribution in [0.3, 0.4) is 0 Å². The Labute approximate surface area is 127 Å². The van der Waals surface area contributed by atoms with Gasteiger partial charge < -0.3 is 4.90 Å². The topological polar surface area (TPSA) is 33.2 Å². The monoisotopic (exact) mass is 304 g/mol. The number of benzene rings is 1. The van der Waals surface area contributed by atoms with E-state index in [4.69, 9.17) is 0 Å². The van der Waals surface area contributed by atoms with Crippen LogP contribution in [0.5, 0.6) is 0 Å². The molecule has 21 heavy (non-hydrogen) atoms. The summed E-state index contributed by atoms with van der Waals surface area (Å²) in [6.07, 6.45) is 1.93. The normalized spacial score (nSPS) is 14.1. The van der Waals surface area contributed by atoms with E-state index in [1.54, 1.807) is 4.90 Å². The van der Waals surface area contributed by atoms with Gasteiger partial charge in [0.2, 0.25) is 5.91 Å². The lowest BCUT2D eigenvalue weighted by atomic mass is 9.98. The third kappa shape index (κ3) is 2.83. The maximum Gasteiger partial charge on any atom is 0.233 e. The molecule has 0 saturated carbocycles. The van der Waals surface area contributed by atoms with E-state index in [0.29, 0.717) is 12.2 Å². The van der Waals surface area contributed by atoms with E-state index in [0.717, 1.165) is 34.7 Å². The number of rotatable bonds is 2. The van der Waals surface area contributed by atoms with Gasteiger partial charge in [0.1, 0.15) is 5.82 Å². The first-order valence-corrected chi connectivity index (χ1v) is 7.93. The Morgan fingerprint density at radius 1 is 1.43 bits per heavy atom. The Balaban J connectivity index is 1.89. The summed E-state index contributed by atoms with van der Waals surface area (Å²) in [5, 5.41) is 2.84. The molecular weight excluding hydrogens is 287 g/mol. The zero-order valence-electron chi connectivity index (χ0n) is 12.1. The molecule has 2 heterocycles. The minimum Gasteiger partial charge on any atom is -0.309 e. The molecule has 0 unspecified atom stereocenters. The maximum atomic E-state index is 14.3. The van der Waals surface area contributed by atoms with Gasteiger partial charge in [-0.05, 0) is 43.9 Å². The summed E-state index contributed by atoms with van der Waals surface area (Å²) < 4.78 is 14.3. The Bertz CT molecular complexity index is 696. The second-order valence-corrected chi connectivity index (χ2v) is 6.50. The molecule has 110 valence electrons. The number of aromatic nitrogens is 1. The van der Waals surface area contributed by atoms with Gasteiger partial charge in [-0.25, -0.2) is 9.37 Å².